The lowest BCUT2D eigenvalue weighted by molar-refractivity contribution is 0.282. The lowest BCUT2D eigenvalue weighted by atomic mass is 10.2. The topological polar surface area (TPSA) is 55.5 Å². The average Bonchev–Trinajstić information content (AvgIpc) is 2.20. The Morgan fingerprint density at radius 2 is 2.21 bits per heavy atom. The zero-order valence-electron chi connectivity index (χ0n) is 8.66. The highest BCUT2D eigenvalue weighted by Crippen LogP contribution is 2.25. The molecule has 0 aromatic heterocycles. The van der Waals surface area contributed by atoms with Crippen LogP contribution in [0.2, 0.25) is 0 Å². The van der Waals surface area contributed by atoms with Gasteiger partial charge in [0.1, 0.15) is 18.1 Å². The van der Waals surface area contributed by atoms with Gasteiger partial charge in [0, 0.05) is 11.6 Å². The third kappa shape index (κ3) is 2.64. The lowest BCUT2D eigenvalue weighted by Crippen LogP contribution is -2.26. The van der Waals surface area contributed by atoms with Gasteiger partial charge >= 0.3 is 0 Å². The van der Waals surface area contributed by atoms with Gasteiger partial charge in [0.15, 0.2) is 0 Å². The van der Waals surface area contributed by atoms with Crippen LogP contribution in [-0.4, -0.2) is 17.8 Å². The summed E-state index contributed by atoms with van der Waals surface area (Å²) in [5.74, 6) is 0.960. The van der Waals surface area contributed by atoms with Crippen molar-refractivity contribution in [1.29, 1.82) is 0 Å². The Morgan fingerprint density at radius 3 is 2.86 bits per heavy atom. The van der Waals surface area contributed by atoms with Crippen molar-refractivity contribution in [1.82, 2.24) is 0 Å². The predicted molar refractivity (Wildman–Crippen MR) is 56.6 cm³/mol. The molecule has 0 aliphatic carbocycles. The summed E-state index contributed by atoms with van der Waals surface area (Å²) in [5.41, 5.74) is 6.48. The van der Waals surface area contributed by atoms with Crippen LogP contribution < -0.4 is 10.5 Å². The smallest absolute Gasteiger partial charge is 0.125 e. The van der Waals surface area contributed by atoms with E-state index in [1.165, 1.54) is 0 Å². The van der Waals surface area contributed by atoms with Crippen molar-refractivity contribution in [3.05, 3.63) is 23.8 Å². The summed E-state index contributed by atoms with van der Waals surface area (Å²) in [6, 6.07) is 5.28. The number of nitrogens with two attached hydrogens (primary N) is 1. The van der Waals surface area contributed by atoms with E-state index in [1.54, 1.807) is 12.1 Å². The van der Waals surface area contributed by atoms with Crippen LogP contribution in [0.5, 0.6) is 11.5 Å². The zero-order valence-corrected chi connectivity index (χ0v) is 8.66. The molecule has 1 atom stereocenters. The van der Waals surface area contributed by atoms with Gasteiger partial charge in [-0.05, 0) is 25.5 Å². The molecule has 0 heterocycles. The number of hydrogen-bond acceptors (Lipinski definition) is 3. The van der Waals surface area contributed by atoms with Crippen molar-refractivity contribution in [2.45, 2.75) is 26.3 Å². The molecule has 1 unspecified atom stereocenters. The van der Waals surface area contributed by atoms with Crippen LogP contribution in [0.15, 0.2) is 18.2 Å². The second-order valence-electron chi connectivity index (χ2n) is 3.38. The SMILES string of the molecule is CCC(N)COc1cccc(O)c1C. The maximum atomic E-state index is 9.41. The minimum Gasteiger partial charge on any atom is -0.508 e. The quantitative estimate of drug-likeness (QED) is 0.770. The molecule has 3 nitrogen and oxygen atoms in total. The summed E-state index contributed by atoms with van der Waals surface area (Å²) in [7, 11) is 0. The van der Waals surface area contributed by atoms with E-state index in [0.717, 1.165) is 12.0 Å². The van der Waals surface area contributed by atoms with Crippen molar-refractivity contribution < 1.29 is 9.84 Å². The van der Waals surface area contributed by atoms with Crippen LogP contribution in [0.4, 0.5) is 0 Å². The first-order valence-electron chi connectivity index (χ1n) is 4.82. The van der Waals surface area contributed by atoms with Crippen LogP contribution in [0.1, 0.15) is 18.9 Å². The molecule has 0 aliphatic rings. The lowest BCUT2D eigenvalue weighted by Gasteiger charge is -2.13. The van der Waals surface area contributed by atoms with Crippen molar-refractivity contribution in [2.75, 3.05) is 6.61 Å². The Labute approximate surface area is 84.5 Å². The Kier molecular flexibility index (Phi) is 3.77. The summed E-state index contributed by atoms with van der Waals surface area (Å²) in [6.45, 7) is 4.33. The van der Waals surface area contributed by atoms with Crippen LogP contribution in [0.25, 0.3) is 0 Å². The normalized spacial score (nSPS) is 12.5. The van der Waals surface area contributed by atoms with Gasteiger partial charge in [-0.1, -0.05) is 13.0 Å². The van der Waals surface area contributed by atoms with Crippen molar-refractivity contribution in [3.63, 3.8) is 0 Å². The second kappa shape index (κ2) is 4.86. The second-order valence-corrected chi connectivity index (χ2v) is 3.38. The molecule has 0 saturated heterocycles. The minimum absolute atomic E-state index is 0.0525. The highest BCUT2D eigenvalue weighted by atomic mass is 16.5. The largest absolute Gasteiger partial charge is 0.508 e. The molecule has 3 heteroatoms. The molecule has 14 heavy (non-hydrogen) atoms. The number of benzene rings is 1. The van der Waals surface area contributed by atoms with Crippen molar-refractivity contribution >= 4 is 0 Å². The Bertz CT molecular complexity index is 299. The van der Waals surface area contributed by atoms with E-state index in [1.807, 2.05) is 19.9 Å². The highest BCUT2D eigenvalue weighted by Gasteiger charge is 2.05. The first-order chi connectivity index (χ1) is 6.65. The predicted octanol–water partition coefficient (Wildman–Crippen LogP) is 1.82. The van der Waals surface area contributed by atoms with Gasteiger partial charge in [0.05, 0.1) is 0 Å². The molecule has 78 valence electrons. The van der Waals surface area contributed by atoms with Gasteiger partial charge in [-0.3, -0.25) is 0 Å². The van der Waals surface area contributed by atoms with E-state index in [2.05, 4.69) is 0 Å². The monoisotopic (exact) mass is 195 g/mol. The maximum Gasteiger partial charge on any atom is 0.125 e. The molecule has 0 radical (unpaired) electrons. The van der Waals surface area contributed by atoms with Crippen LogP contribution in [-0.2, 0) is 0 Å². The Hall–Kier alpha value is -1.22. The number of phenolic OH excluding ortho intramolecular Hbond substituents is 1. The molecular weight excluding hydrogens is 178 g/mol. The number of phenols is 1. The van der Waals surface area contributed by atoms with E-state index in [9.17, 15) is 5.11 Å². The summed E-state index contributed by atoms with van der Waals surface area (Å²) in [5, 5.41) is 9.41. The summed E-state index contributed by atoms with van der Waals surface area (Å²) in [6.07, 6.45) is 0.887. The Balaban J connectivity index is 2.63. The van der Waals surface area contributed by atoms with Gasteiger partial charge in [-0.2, -0.15) is 0 Å². The Morgan fingerprint density at radius 1 is 1.50 bits per heavy atom. The molecule has 0 fully saturated rings. The van der Waals surface area contributed by atoms with E-state index >= 15 is 0 Å². The molecular formula is C11H17NO2. The fraction of sp³-hybridized carbons (Fsp3) is 0.455. The molecule has 1 rings (SSSR count). The molecule has 1 aromatic carbocycles. The van der Waals surface area contributed by atoms with E-state index < -0.39 is 0 Å². The molecule has 3 N–H and O–H groups in total. The van der Waals surface area contributed by atoms with Crippen LogP contribution in [0, 0.1) is 6.92 Å². The van der Waals surface area contributed by atoms with E-state index in [-0.39, 0.29) is 11.8 Å². The number of rotatable bonds is 4. The molecule has 0 saturated carbocycles. The van der Waals surface area contributed by atoms with Gasteiger partial charge in [0.25, 0.3) is 0 Å². The standard InChI is InChI=1S/C11H17NO2/c1-3-9(12)7-14-11-6-4-5-10(13)8(11)2/h4-6,9,13H,3,7,12H2,1-2H3. The summed E-state index contributed by atoms with van der Waals surface area (Å²) in [4.78, 5) is 0. The van der Waals surface area contributed by atoms with Gasteiger partial charge < -0.3 is 15.6 Å². The fourth-order valence-corrected chi connectivity index (χ4v) is 1.07. The third-order valence-electron chi connectivity index (χ3n) is 2.23. The first kappa shape index (κ1) is 10.9. The highest BCUT2D eigenvalue weighted by molar-refractivity contribution is 5.42. The average molecular weight is 195 g/mol. The summed E-state index contributed by atoms with van der Waals surface area (Å²) >= 11 is 0. The first-order valence-corrected chi connectivity index (χ1v) is 4.82. The minimum atomic E-state index is 0.0525. The third-order valence-corrected chi connectivity index (χ3v) is 2.23. The molecule has 1 aromatic rings. The fourth-order valence-electron chi connectivity index (χ4n) is 1.07. The van der Waals surface area contributed by atoms with Crippen LogP contribution in [0.3, 0.4) is 0 Å². The van der Waals surface area contributed by atoms with Crippen molar-refractivity contribution in [2.24, 2.45) is 5.73 Å². The molecule has 0 amide bonds. The zero-order chi connectivity index (χ0) is 10.6. The summed E-state index contributed by atoms with van der Waals surface area (Å²) < 4.78 is 5.49. The molecule has 0 aliphatic heterocycles. The van der Waals surface area contributed by atoms with Gasteiger partial charge in [-0.25, -0.2) is 0 Å². The van der Waals surface area contributed by atoms with E-state index in [0.29, 0.717) is 12.4 Å². The number of hydrogen-bond donors (Lipinski definition) is 2. The molecule has 0 spiro atoms. The van der Waals surface area contributed by atoms with Crippen LogP contribution >= 0.6 is 0 Å². The number of aromatic hydroxyl groups is 1. The van der Waals surface area contributed by atoms with Crippen molar-refractivity contribution in [3.8, 4) is 11.5 Å². The van der Waals surface area contributed by atoms with Gasteiger partial charge in [0.2, 0.25) is 0 Å². The molecule has 0 bridgehead atoms. The number of ether oxygens (including phenoxy) is 1. The van der Waals surface area contributed by atoms with E-state index in [4.69, 9.17) is 10.5 Å². The maximum absolute atomic E-state index is 9.41. The van der Waals surface area contributed by atoms with Gasteiger partial charge in [-0.15, -0.1) is 0 Å².